The van der Waals surface area contributed by atoms with Crippen molar-refractivity contribution >= 4 is 57.8 Å². The number of carbonyl (C=O) groups is 2. The van der Waals surface area contributed by atoms with Gasteiger partial charge in [0.25, 0.3) is 5.91 Å². The molecule has 10 nitrogen and oxygen atoms in total. The lowest BCUT2D eigenvalue weighted by Gasteiger charge is -2.36. The van der Waals surface area contributed by atoms with Gasteiger partial charge in [0.2, 0.25) is 11.4 Å². The number of aromatic nitrogens is 3. The molecule has 2 aromatic heterocycles. The molecule has 1 aliphatic heterocycles. The van der Waals surface area contributed by atoms with E-state index >= 15 is 0 Å². The van der Waals surface area contributed by atoms with E-state index < -0.39 is 17.0 Å². The van der Waals surface area contributed by atoms with Crippen molar-refractivity contribution in [1.82, 2.24) is 24.8 Å². The van der Waals surface area contributed by atoms with Crippen molar-refractivity contribution in [2.45, 2.75) is 13.5 Å². The van der Waals surface area contributed by atoms with Gasteiger partial charge in [-0.1, -0.05) is 23.7 Å². The first kappa shape index (κ1) is 23.6. The number of hydrogen-bond acceptors (Lipinski definition) is 8. The highest BCUT2D eigenvalue weighted by Crippen LogP contribution is 2.17. The van der Waals surface area contributed by atoms with Gasteiger partial charge in [-0.25, -0.2) is 4.98 Å². The van der Waals surface area contributed by atoms with Crippen LogP contribution in [-0.4, -0.2) is 62.6 Å². The number of hydrogen-bond donors (Lipinski definition) is 1. The molecule has 0 atom stereocenters. The number of aromatic carboxylic acids is 1. The molecule has 3 aromatic rings. The van der Waals surface area contributed by atoms with E-state index in [2.05, 4.69) is 15.3 Å². The summed E-state index contributed by atoms with van der Waals surface area (Å²) in [7, 11) is 0. The Morgan fingerprint density at radius 3 is 2.53 bits per heavy atom. The predicted octanol–water partition coefficient (Wildman–Crippen LogP) is 0.665. The van der Waals surface area contributed by atoms with Crippen LogP contribution in [0, 0.1) is 0 Å². The first-order chi connectivity index (χ1) is 16.3. The number of carbonyl (C=O) groups excluding carboxylic acids is 2. The summed E-state index contributed by atoms with van der Waals surface area (Å²) in [6.45, 7) is 4.34. The molecule has 0 radical (unpaired) electrons. The molecule has 3 heterocycles. The van der Waals surface area contributed by atoms with Crippen molar-refractivity contribution in [3.8, 4) is 0 Å². The molecule has 1 aliphatic rings. The first-order valence-corrected chi connectivity index (χ1v) is 11.3. The van der Waals surface area contributed by atoms with E-state index in [1.807, 2.05) is 16.7 Å². The number of fused-ring (bicyclic) bond motifs is 1. The number of rotatable bonds is 4. The number of thiocarbonyl (C=S) groups is 1. The van der Waals surface area contributed by atoms with Crippen molar-refractivity contribution in [3.63, 3.8) is 0 Å². The fourth-order valence-electron chi connectivity index (χ4n) is 3.70. The number of carboxylic acid groups (broad SMARTS) is 1. The van der Waals surface area contributed by atoms with Gasteiger partial charge in [-0.05, 0) is 31.3 Å². The molecule has 1 fully saturated rings. The van der Waals surface area contributed by atoms with Crippen LogP contribution in [0.25, 0.3) is 11.0 Å². The lowest BCUT2D eigenvalue weighted by molar-refractivity contribution is -0.255. The average Bonchev–Trinajstić information content (AvgIpc) is 2.84. The number of benzene rings is 1. The Balaban J connectivity index is 1.47. The maximum absolute atomic E-state index is 12.5. The summed E-state index contributed by atoms with van der Waals surface area (Å²) in [5.41, 5.74) is -0.395. The second kappa shape index (κ2) is 9.74. The monoisotopic (exact) mass is 499 g/mol. The minimum Gasteiger partial charge on any atom is -0.545 e. The SMILES string of the molecule is CCn1cc(C(=O)[O-])c(=O)c2cnc(N3CCN(C(=S)NC(=O)c4ccccc4Cl)CC3)nc21. The van der Waals surface area contributed by atoms with Gasteiger partial charge in [0.15, 0.2) is 5.11 Å². The fourth-order valence-corrected chi connectivity index (χ4v) is 4.20. The van der Waals surface area contributed by atoms with E-state index in [-0.39, 0.29) is 11.3 Å². The van der Waals surface area contributed by atoms with E-state index in [1.54, 1.807) is 28.8 Å². The number of nitrogens with one attached hydrogen (secondary N) is 1. The lowest BCUT2D eigenvalue weighted by Crippen LogP contribution is -2.53. The summed E-state index contributed by atoms with van der Waals surface area (Å²) in [4.78, 5) is 48.8. The van der Waals surface area contributed by atoms with Crippen molar-refractivity contribution in [2.24, 2.45) is 0 Å². The summed E-state index contributed by atoms with van der Waals surface area (Å²) in [6, 6.07) is 6.73. The molecule has 1 saturated heterocycles. The van der Waals surface area contributed by atoms with Gasteiger partial charge in [0, 0.05) is 45.1 Å². The highest BCUT2D eigenvalue weighted by Gasteiger charge is 2.23. The number of aryl methyl sites for hydroxylation is 1. The lowest BCUT2D eigenvalue weighted by atomic mass is 10.2. The van der Waals surface area contributed by atoms with Crippen LogP contribution >= 0.6 is 23.8 Å². The Morgan fingerprint density at radius 1 is 1.18 bits per heavy atom. The van der Waals surface area contributed by atoms with E-state index in [0.29, 0.717) is 60.0 Å². The molecule has 1 aromatic carbocycles. The second-order valence-electron chi connectivity index (χ2n) is 7.57. The van der Waals surface area contributed by atoms with Gasteiger partial charge >= 0.3 is 0 Å². The number of amides is 1. The zero-order chi connectivity index (χ0) is 24.4. The molecule has 0 unspecified atom stereocenters. The maximum Gasteiger partial charge on any atom is 0.258 e. The Morgan fingerprint density at radius 2 is 1.88 bits per heavy atom. The van der Waals surface area contributed by atoms with Gasteiger partial charge in [0.05, 0.1) is 27.5 Å². The third-order valence-electron chi connectivity index (χ3n) is 5.55. The van der Waals surface area contributed by atoms with Gasteiger partial charge < -0.3 is 24.3 Å². The van der Waals surface area contributed by atoms with Gasteiger partial charge in [-0.15, -0.1) is 0 Å². The Kier molecular flexibility index (Phi) is 6.75. The Labute approximate surface area is 204 Å². The molecule has 0 saturated carbocycles. The van der Waals surface area contributed by atoms with Gasteiger partial charge in [-0.2, -0.15) is 4.98 Å². The summed E-state index contributed by atoms with van der Waals surface area (Å²) in [5.74, 6) is -1.49. The minimum absolute atomic E-state index is 0.120. The first-order valence-electron chi connectivity index (χ1n) is 10.5. The third-order valence-corrected chi connectivity index (χ3v) is 6.24. The number of anilines is 1. The van der Waals surface area contributed by atoms with Gasteiger partial charge in [-0.3, -0.25) is 14.9 Å². The molecular formula is C22H20ClN6O4S-. The Hall–Kier alpha value is -3.57. The predicted molar refractivity (Wildman–Crippen MR) is 129 cm³/mol. The molecule has 34 heavy (non-hydrogen) atoms. The summed E-state index contributed by atoms with van der Waals surface area (Å²) >= 11 is 11.5. The summed E-state index contributed by atoms with van der Waals surface area (Å²) in [6.07, 6.45) is 2.59. The molecule has 176 valence electrons. The van der Waals surface area contributed by atoms with Gasteiger partial charge in [0.1, 0.15) is 5.65 Å². The quantitative estimate of drug-likeness (QED) is 0.515. The van der Waals surface area contributed by atoms with Crippen LogP contribution in [0.2, 0.25) is 5.02 Å². The zero-order valence-corrected chi connectivity index (χ0v) is 19.7. The minimum atomic E-state index is -1.54. The zero-order valence-electron chi connectivity index (χ0n) is 18.2. The molecule has 0 aliphatic carbocycles. The molecule has 0 spiro atoms. The van der Waals surface area contributed by atoms with E-state index in [1.165, 1.54) is 12.4 Å². The summed E-state index contributed by atoms with van der Waals surface area (Å²) < 4.78 is 1.59. The standard InChI is InChI=1S/C22H21ClN6O4S/c1-2-27-12-15(20(32)33)17(30)14-11-24-21(25-18(14)27)28-7-9-29(10-8-28)22(34)26-19(31)13-5-3-4-6-16(13)23/h3-6,11-12H,2,7-10H2,1H3,(H,32,33)(H,26,31,34)/p-1. The Bertz CT molecular complexity index is 1350. The smallest absolute Gasteiger partial charge is 0.258 e. The molecule has 4 rings (SSSR count). The van der Waals surface area contributed by atoms with E-state index in [9.17, 15) is 19.5 Å². The van der Waals surface area contributed by atoms with Crippen LogP contribution in [0.15, 0.2) is 41.5 Å². The maximum atomic E-state index is 12.5. The highest BCUT2D eigenvalue weighted by molar-refractivity contribution is 7.80. The molecular weight excluding hydrogens is 480 g/mol. The average molecular weight is 500 g/mol. The molecule has 0 bridgehead atoms. The second-order valence-corrected chi connectivity index (χ2v) is 8.36. The largest absolute Gasteiger partial charge is 0.545 e. The normalized spacial score (nSPS) is 13.7. The molecule has 1 amide bonds. The fraction of sp³-hybridized carbons (Fsp3) is 0.273. The van der Waals surface area contributed by atoms with Crippen molar-refractivity contribution in [3.05, 3.63) is 63.0 Å². The topological polar surface area (TPSA) is 123 Å². The van der Waals surface area contributed by atoms with Crippen molar-refractivity contribution in [1.29, 1.82) is 0 Å². The number of piperazine rings is 1. The number of pyridine rings is 1. The number of halogens is 1. The van der Waals surface area contributed by atoms with Crippen LogP contribution in [0.3, 0.4) is 0 Å². The number of carboxylic acids is 1. The van der Waals surface area contributed by atoms with Crippen molar-refractivity contribution < 1.29 is 14.7 Å². The van der Waals surface area contributed by atoms with Crippen LogP contribution < -0.4 is 20.8 Å². The van der Waals surface area contributed by atoms with Crippen LogP contribution in [0.5, 0.6) is 0 Å². The van der Waals surface area contributed by atoms with Crippen LogP contribution in [0.1, 0.15) is 27.6 Å². The summed E-state index contributed by atoms with van der Waals surface area (Å²) in [5, 5.41) is 14.8. The number of nitrogens with zero attached hydrogens (tertiary/aromatic N) is 5. The molecule has 1 N–H and O–H groups in total. The van der Waals surface area contributed by atoms with E-state index in [4.69, 9.17) is 23.8 Å². The van der Waals surface area contributed by atoms with Crippen molar-refractivity contribution in [2.75, 3.05) is 31.1 Å². The van der Waals surface area contributed by atoms with Crippen LogP contribution in [-0.2, 0) is 6.54 Å². The molecule has 12 heteroatoms. The third kappa shape index (κ3) is 4.57. The van der Waals surface area contributed by atoms with E-state index in [0.717, 1.165) is 0 Å². The van der Waals surface area contributed by atoms with Crippen LogP contribution in [0.4, 0.5) is 5.95 Å². The highest BCUT2D eigenvalue weighted by atomic mass is 35.5.